The van der Waals surface area contributed by atoms with Crippen LogP contribution in [0.15, 0.2) is 71.3 Å². The van der Waals surface area contributed by atoms with E-state index < -0.39 is 0 Å². The number of carbonyl (C=O) groups is 1. The van der Waals surface area contributed by atoms with E-state index in [0.717, 1.165) is 16.8 Å². The Morgan fingerprint density at radius 1 is 1.00 bits per heavy atom. The fourth-order valence-electron chi connectivity index (χ4n) is 2.17. The van der Waals surface area contributed by atoms with E-state index in [0.29, 0.717) is 11.7 Å². The van der Waals surface area contributed by atoms with Crippen molar-refractivity contribution in [3.05, 3.63) is 72.8 Å². The zero-order chi connectivity index (χ0) is 16.1. The summed E-state index contributed by atoms with van der Waals surface area (Å²) < 4.78 is 10.6. The lowest BCUT2D eigenvalue weighted by molar-refractivity contribution is -0.135. The smallest absolute Gasteiger partial charge is 0.307 e. The first-order valence-electron chi connectivity index (χ1n) is 7.19. The highest BCUT2D eigenvalue weighted by molar-refractivity contribution is 5.77. The topological polar surface area (TPSA) is 52.3 Å². The first-order valence-corrected chi connectivity index (χ1v) is 7.19. The number of benzene rings is 2. The summed E-state index contributed by atoms with van der Waals surface area (Å²) in [7, 11) is 0. The van der Waals surface area contributed by atoms with E-state index in [-0.39, 0.29) is 5.97 Å². The summed E-state index contributed by atoms with van der Waals surface area (Å²) in [6.07, 6.45) is 2.80. The molecular weight excluding hydrogens is 290 g/mol. The Labute approximate surface area is 134 Å². The lowest BCUT2D eigenvalue weighted by Crippen LogP contribution is -1.89. The molecule has 0 unspecified atom stereocenters. The minimum absolute atomic E-state index is 0.379. The molecule has 23 heavy (non-hydrogen) atoms. The van der Waals surface area contributed by atoms with Gasteiger partial charge in [-0.15, -0.1) is 0 Å². The standard InChI is InChI=1S/C19H15NO3/c1-14(21)22-13-12-17-20-18(15-8-4-2-5-9-15)19(23-17)16-10-6-3-7-11-16/h2-13H,1H3/b13-12+. The van der Waals surface area contributed by atoms with Crippen LogP contribution in [-0.2, 0) is 9.53 Å². The van der Waals surface area contributed by atoms with Crippen LogP contribution < -0.4 is 0 Å². The van der Waals surface area contributed by atoms with Crippen molar-refractivity contribution >= 4 is 12.0 Å². The highest BCUT2D eigenvalue weighted by Gasteiger charge is 2.15. The van der Waals surface area contributed by atoms with Crippen LogP contribution in [0.2, 0.25) is 0 Å². The molecule has 0 spiro atoms. The molecule has 0 fully saturated rings. The number of hydrogen-bond donors (Lipinski definition) is 0. The number of carbonyl (C=O) groups excluding carboxylic acids is 1. The average molecular weight is 305 g/mol. The monoisotopic (exact) mass is 305 g/mol. The summed E-state index contributed by atoms with van der Waals surface area (Å²) in [4.78, 5) is 15.3. The lowest BCUT2D eigenvalue weighted by atomic mass is 10.1. The largest absolute Gasteiger partial charge is 0.436 e. The Hall–Kier alpha value is -3.14. The summed E-state index contributed by atoms with van der Waals surface area (Å²) in [6, 6.07) is 19.6. The van der Waals surface area contributed by atoms with E-state index in [4.69, 9.17) is 9.15 Å². The van der Waals surface area contributed by atoms with Crippen LogP contribution in [-0.4, -0.2) is 11.0 Å². The zero-order valence-electron chi connectivity index (χ0n) is 12.6. The zero-order valence-corrected chi connectivity index (χ0v) is 12.6. The molecule has 0 N–H and O–H groups in total. The Bertz CT molecular complexity index is 763. The maximum absolute atomic E-state index is 10.8. The third-order valence-electron chi connectivity index (χ3n) is 3.17. The normalized spacial score (nSPS) is 10.8. The van der Waals surface area contributed by atoms with Gasteiger partial charge in [-0.25, -0.2) is 4.98 Å². The molecule has 4 heteroatoms. The van der Waals surface area contributed by atoms with Gasteiger partial charge in [0, 0.05) is 24.1 Å². The quantitative estimate of drug-likeness (QED) is 0.524. The van der Waals surface area contributed by atoms with Gasteiger partial charge in [0.15, 0.2) is 5.76 Å². The molecule has 1 heterocycles. The molecule has 0 saturated carbocycles. The fourth-order valence-corrected chi connectivity index (χ4v) is 2.17. The van der Waals surface area contributed by atoms with Gasteiger partial charge in [-0.2, -0.15) is 0 Å². The number of esters is 1. The Kier molecular flexibility index (Phi) is 4.34. The maximum Gasteiger partial charge on any atom is 0.307 e. The molecule has 1 aromatic heterocycles. The van der Waals surface area contributed by atoms with E-state index in [1.54, 1.807) is 0 Å². The van der Waals surface area contributed by atoms with Gasteiger partial charge >= 0.3 is 5.97 Å². The second-order valence-corrected chi connectivity index (χ2v) is 4.87. The molecule has 0 atom stereocenters. The van der Waals surface area contributed by atoms with E-state index in [1.807, 2.05) is 60.7 Å². The summed E-state index contributed by atoms with van der Waals surface area (Å²) in [5, 5.41) is 0. The van der Waals surface area contributed by atoms with Gasteiger partial charge in [-0.1, -0.05) is 60.7 Å². The number of hydrogen-bond acceptors (Lipinski definition) is 4. The molecule has 4 nitrogen and oxygen atoms in total. The molecule has 0 amide bonds. The van der Waals surface area contributed by atoms with Gasteiger partial charge in [0.2, 0.25) is 5.89 Å². The fraction of sp³-hybridized carbons (Fsp3) is 0.0526. The predicted molar refractivity (Wildman–Crippen MR) is 88.2 cm³/mol. The van der Waals surface area contributed by atoms with Crippen LogP contribution in [0.25, 0.3) is 28.7 Å². The van der Waals surface area contributed by atoms with Gasteiger partial charge in [0.05, 0.1) is 6.26 Å². The maximum atomic E-state index is 10.8. The van der Waals surface area contributed by atoms with Gasteiger partial charge in [-0.05, 0) is 0 Å². The van der Waals surface area contributed by atoms with Crippen molar-refractivity contribution in [2.45, 2.75) is 6.92 Å². The van der Waals surface area contributed by atoms with Gasteiger partial charge in [0.1, 0.15) is 5.69 Å². The number of aromatic nitrogens is 1. The molecule has 3 rings (SSSR count). The molecule has 0 bridgehead atoms. The summed E-state index contributed by atoms with van der Waals surface area (Å²) in [6.45, 7) is 1.34. The van der Waals surface area contributed by atoms with Crippen LogP contribution in [0.3, 0.4) is 0 Å². The first kappa shape index (κ1) is 14.8. The second-order valence-electron chi connectivity index (χ2n) is 4.87. The molecule has 0 aliphatic carbocycles. The van der Waals surface area contributed by atoms with Crippen LogP contribution >= 0.6 is 0 Å². The SMILES string of the molecule is CC(=O)O/C=C/c1nc(-c2ccccc2)c(-c2ccccc2)o1. The second kappa shape index (κ2) is 6.75. The van der Waals surface area contributed by atoms with E-state index >= 15 is 0 Å². The highest BCUT2D eigenvalue weighted by Crippen LogP contribution is 2.32. The number of ether oxygens (including phenoxy) is 1. The van der Waals surface area contributed by atoms with E-state index in [1.165, 1.54) is 19.3 Å². The minimum atomic E-state index is -0.389. The first-order chi connectivity index (χ1) is 11.2. The van der Waals surface area contributed by atoms with Crippen LogP contribution in [0, 0.1) is 0 Å². The Balaban J connectivity index is 2.04. The number of oxazole rings is 1. The Morgan fingerprint density at radius 2 is 1.61 bits per heavy atom. The molecular formula is C19H15NO3. The van der Waals surface area contributed by atoms with Crippen molar-refractivity contribution in [3.63, 3.8) is 0 Å². The van der Waals surface area contributed by atoms with Crippen molar-refractivity contribution in [3.8, 4) is 22.6 Å². The molecule has 0 aliphatic heterocycles. The van der Waals surface area contributed by atoms with Crippen molar-refractivity contribution in [1.82, 2.24) is 4.98 Å². The van der Waals surface area contributed by atoms with Crippen molar-refractivity contribution in [2.24, 2.45) is 0 Å². The van der Waals surface area contributed by atoms with Crippen LogP contribution in [0.4, 0.5) is 0 Å². The number of rotatable bonds is 4. The van der Waals surface area contributed by atoms with Gasteiger partial charge in [0.25, 0.3) is 0 Å². The van der Waals surface area contributed by atoms with E-state index in [2.05, 4.69) is 4.98 Å². The molecule has 114 valence electrons. The lowest BCUT2D eigenvalue weighted by Gasteiger charge is -2.00. The molecule has 0 aliphatic rings. The van der Waals surface area contributed by atoms with Gasteiger partial charge in [-0.3, -0.25) is 4.79 Å². The van der Waals surface area contributed by atoms with Crippen LogP contribution in [0.5, 0.6) is 0 Å². The van der Waals surface area contributed by atoms with Crippen LogP contribution in [0.1, 0.15) is 12.8 Å². The number of nitrogens with zero attached hydrogens (tertiary/aromatic N) is 1. The summed E-state index contributed by atoms with van der Waals surface area (Å²) in [5.41, 5.74) is 2.65. The summed E-state index contributed by atoms with van der Waals surface area (Å²) >= 11 is 0. The highest BCUT2D eigenvalue weighted by atomic mass is 16.5. The predicted octanol–water partition coefficient (Wildman–Crippen LogP) is 4.54. The third-order valence-corrected chi connectivity index (χ3v) is 3.17. The van der Waals surface area contributed by atoms with Crippen molar-refractivity contribution in [2.75, 3.05) is 0 Å². The van der Waals surface area contributed by atoms with E-state index in [9.17, 15) is 4.79 Å². The third kappa shape index (κ3) is 3.55. The Morgan fingerprint density at radius 3 is 2.22 bits per heavy atom. The summed E-state index contributed by atoms with van der Waals surface area (Å²) in [5.74, 6) is 0.669. The molecule has 2 aromatic carbocycles. The van der Waals surface area contributed by atoms with Crippen molar-refractivity contribution in [1.29, 1.82) is 0 Å². The molecule has 0 saturated heterocycles. The molecule has 3 aromatic rings. The minimum Gasteiger partial charge on any atom is -0.436 e. The molecule has 0 radical (unpaired) electrons. The average Bonchev–Trinajstić information content (AvgIpc) is 3.00. The van der Waals surface area contributed by atoms with Crippen molar-refractivity contribution < 1.29 is 13.9 Å². The van der Waals surface area contributed by atoms with Gasteiger partial charge < -0.3 is 9.15 Å².